The van der Waals surface area contributed by atoms with Crippen LogP contribution in [0.15, 0.2) is 23.1 Å². The first-order chi connectivity index (χ1) is 8.02. The van der Waals surface area contributed by atoms with Crippen molar-refractivity contribution in [3.63, 3.8) is 0 Å². The van der Waals surface area contributed by atoms with Crippen LogP contribution in [-0.2, 0) is 10.0 Å². The third kappa shape index (κ3) is 3.53. The molecule has 10 heteroatoms. The van der Waals surface area contributed by atoms with Gasteiger partial charge in [-0.3, -0.25) is 0 Å². The number of benzene rings is 1. The first-order valence-electron chi connectivity index (χ1n) is 4.22. The normalized spacial score (nSPS) is 12.8. The molecular weight excluding hydrogens is 285 g/mol. The summed E-state index contributed by atoms with van der Waals surface area (Å²) in [6.45, 7) is 0. The molecule has 1 aromatic rings. The lowest BCUT2D eigenvalue weighted by molar-refractivity contribution is -0.276. The summed E-state index contributed by atoms with van der Waals surface area (Å²) in [4.78, 5) is -1.15. The average Bonchev–Trinajstić information content (AvgIpc) is 2.13. The van der Waals surface area contributed by atoms with Crippen LogP contribution in [0.4, 0.5) is 22.0 Å². The number of ether oxygens (including phenoxy) is 1. The van der Waals surface area contributed by atoms with Gasteiger partial charge in [0.05, 0.1) is 5.56 Å². The molecular formula is C8H6F5NO3S. The number of hydrogen-bond acceptors (Lipinski definition) is 3. The second kappa shape index (κ2) is 4.69. The van der Waals surface area contributed by atoms with E-state index in [0.717, 1.165) is 6.07 Å². The first-order valence-corrected chi connectivity index (χ1v) is 5.76. The van der Waals surface area contributed by atoms with Crippen LogP contribution in [0.1, 0.15) is 12.0 Å². The summed E-state index contributed by atoms with van der Waals surface area (Å²) >= 11 is 0. The quantitative estimate of drug-likeness (QED) is 0.868. The molecule has 102 valence electrons. The molecule has 0 spiro atoms. The van der Waals surface area contributed by atoms with Crippen LogP contribution < -0.4 is 9.88 Å². The fourth-order valence-corrected chi connectivity index (χ4v) is 1.84. The number of hydrogen-bond donors (Lipinski definition) is 1. The number of alkyl halides is 5. The molecule has 18 heavy (non-hydrogen) atoms. The van der Waals surface area contributed by atoms with Crippen LogP contribution in [0.25, 0.3) is 0 Å². The van der Waals surface area contributed by atoms with Gasteiger partial charge in [0.15, 0.2) is 5.75 Å². The summed E-state index contributed by atoms with van der Waals surface area (Å²) in [5.74, 6) is -1.51. The molecule has 0 bridgehead atoms. The smallest absolute Gasteiger partial charge is 0.404 e. The highest BCUT2D eigenvalue weighted by molar-refractivity contribution is 7.89. The lowest BCUT2D eigenvalue weighted by Gasteiger charge is -2.15. The second-order valence-electron chi connectivity index (χ2n) is 3.07. The second-order valence-corrected chi connectivity index (χ2v) is 4.60. The van der Waals surface area contributed by atoms with Crippen molar-refractivity contribution in [1.82, 2.24) is 0 Å². The number of nitrogens with two attached hydrogens (primary N) is 1. The van der Waals surface area contributed by atoms with Crippen LogP contribution in [0, 0.1) is 0 Å². The summed E-state index contributed by atoms with van der Waals surface area (Å²) in [6.07, 6.45) is -8.66. The standard InChI is InChI=1S/C8H6F5NO3S/c9-7(10)4-2-1-3-5(18(14,15)16)6(4)17-8(11,12)13/h1-3,7H,(H2,14,15,16). The van der Waals surface area contributed by atoms with Gasteiger partial charge in [0.1, 0.15) is 4.90 Å². The molecule has 0 aliphatic heterocycles. The minimum Gasteiger partial charge on any atom is -0.404 e. The molecule has 0 amide bonds. The number of sulfonamides is 1. The lowest BCUT2D eigenvalue weighted by Crippen LogP contribution is -2.22. The average molecular weight is 291 g/mol. The van der Waals surface area contributed by atoms with E-state index in [1.165, 1.54) is 0 Å². The molecule has 1 rings (SSSR count). The summed E-state index contributed by atoms with van der Waals surface area (Å²) in [5, 5.41) is 4.63. The van der Waals surface area contributed by atoms with Crippen molar-refractivity contribution in [3.8, 4) is 5.75 Å². The van der Waals surface area contributed by atoms with E-state index in [1.807, 2.05) is 0 Å². The van der Waals surface area contributed by atoms with Gasteiger partial charge >= 0.3 is 6.36 Å². The first kappa shape index (κ1) is 14.6. The number of para-hydroxylation sites is 1. The minimum atomic E-state index is -5.32. The largest absolute Gasteiger partial charge is 0.573 e. The number of primary sulfonamides is 1. The van der Waals surface area contributed by atoms with Crippen molar-refractivity contribution in [2.45, 2.75) is 17.7 Å². The fourth-order valence-electron chi connectivity index (χ4n) is 1.15. The predicted octanol–water partition coefficient (Wildman–Crippen LogP) is 2.17. The van der Waals surface area contributed by atoms with Gasteiger partial charge in [-0.1, -0.05) is 6.07 Å². The Bertz CT molecular complexity index is 540. The molecule has 4 nitrogen and oxygen atoms in total. The van der Waals surface area contributed by atoms with Gasteiger partial charge in [0, 0.05) is 0 Å². The molecule has 0 atom stereocenters. The Morgan fingerprint density at radius 1 is 1.22 bits per heavy atom. The molecule has 1 aromatic carbocycles. The monoisotopic (exact) mass is 291 g/mol. The fraction of sp³-hybridized carbons (Fsp3) is 0.250. The van der Waals surface area contributed by atoms with E-state index >= 15 is 0 Å². The summed E-state index contributed by atoms with van der Waals surface area (Å²) < 4.78 is 86.4. The van der Waals surface area contributed by atoms with E-state index in [1.54, 1.807) is 0 Å². The highest BCUT2D eigenvalue weighted by Gasteiger charge is 2.36. The maximum atomic E-state index is 12.5. The van der Waals surface area contributed by atoms with E-state index < -0.39 is 39.0 Å². The molecule has 0 saturated heterocycles. The molecule has 2 N–H and O–H groups in total. The van der Waals surface area contributed by atoms with Gasteiger partial charge in [0.25, 0.3) is 6.43 Å². The van der Waals surface area contributed by atoms with Gasteiger partial charge < -0.3 is 4.74 Å². The van der Waals surface area contributed by atoms with Gasteiger partial charge in [-0.25, -0.2) is 22.3 Å². The Kier molecular flexibility index (Phi) is 3.81. The van der Waals surface area contributed by atoms with Crippen LogP contribution in [0.5, 0.6) is 5.75 Å². The van der Waals surface area contributed by atoms with Gasteiger partial charge in [-0.15, -0.1) is 13.2 Å². The van der Waals surface area contributed by atoms with E-state index in [0.29, 0.717) is 12.1 Å². The zero-order valence-corrected chi connectivity index (χ0v) is 9.23. The molecule has 0 fully saturated rings. The Morgan fingerprint density at radius 3 is 2.17 bits per heavy atom. The Balaban J connectivity index is 3.50. The third-order valence-corrected chi connectivity index (χ3v) is 2.70. The topological polar surface area (TPSA) is 69.4 Å². The summed E-state index contributed by atoms with van der Waals surface area (Å²) in [6, 6.07) is 2.09. The zero-order chi connectivity index (χ0) is 14.1. The molecule has 0 aliphatic carbocycles. The van der Waals surface area contributed by atoms with E-state index in [-0.39, 0.29) is 0 Å². The molecule has 0 radical (unpaired) electrons. The van der Waals surface area contributed by atoms with Crippen molar-refractivity contribution in [1.29, 1.82) is 0 Å². The maximum Gasteiger partial charge on any atom is 0.573 e. The zero-order valence-electron chi connectivity index (χ0n) is 8.41. The Labute approximate surface area is 98.2 Å². The van der Waals surface area contributed by atoms with Crippen LogP contribution >= 0.6 is 0 Å². The lowest BCUT2D eigenvalue weighted by atomic mass is 10.2. The highest BCUT2D eigenvalue weighted by atomic mass is 32.2. The van der Waals surface area contributed by atoms with E-state index in [9.17, 15) is 30.4 Å². The molecule has 0 heterocycles. The molecule has 0 saturated carbocycles. The van der Waals surface area contributed by atoms with Gasteiger partial charge in [-0.05, 0) is 12.1 Å². The molecule has 0 aliphatic rings. The summed E-state index contributed by atoms with van der Waals surface area (Å²) in [7, 11) is -4.62. The van der Waals surface area contributed by atoms with E-state index in [4.69, 9.17) is 0 Å². The SMILES string of the molecule is NS(=O)(=O)c1cccc(C(F)F)c1OC(F)(F)F. The van der Waals surface area contributed by atoms with Crippen LogP contribution in [-0.4, -0.2) is 14.8 Å². The van der Waals surface area contributed by atoms with Crippen molar-refractivity contribution < 1.29 is 35.1 Å². The molecule has 0 unspecified atom stereocenters. The van der Waals surface area contributed by atoms with Gasteiger partial charge in [-0.2, -0.15) is 0 Å². The van der Waals surface area contributed by atoms with Gasteiger partial charge in [0.2, 0.25) is 10.0 Å². The van der Waals surface area contributed by atoms with Crippen molar-refractivity contribution >= 4 is 10.0 Å². The Hall–Kier alpha value is -1.42. The van der Waals surface area contributed by atoms with Crippen molar-refractivity contribution in [3.05, 3.63) is 23.8 Å². The van der Waals surface area contributed by atoms with E-state index in [2.05, 4.69) is 9.88 Å². The van der Waals surface area contributed by atoms with Crippen LogP contribution in [0.3, 0.4) is 0 Å². The summed E-state index contributed by atoms with van der Waals surface area (Å²) in [5.41, 5.74) is -1.21. The third-order valence-electron chi connectivity index (χ3n) is 1.77. The number of halogens is 5. The molecule has 0 aromatic heterocycles. The maximum absolute atomic E-state index is 12.5. The van der Waals surface area contributed by atoms with Crippen molar-refractivity contribution in [2.75, 3.05) is 0 Å². The predicted molar refractivity (Wildman–Crippen MR) is 49.5 cm³/mol. The Morgan fingerprint density at radius 2 is 1.78 bits per heavy atom. The number of rotatable bonds is 3. The highest BCUT2D eigenvalue weighted by Crippen LogP contribution is 2.37. The van der Waals surface area contributed by atoms with Crippen molar-refractivity contribution in [2.24, 2.45) is 5.14 Å². The van der Waals surface area contributed by atoms with Crippen LogP contribution in [0.2, 0.25) is 0 Å². The minimum absolute atomic E-state index is 0.612.